The van der Waals surface area contributed by atoms with Gasteiger partial charge in [-0.05, 0) is 12.3 Å². The molecule has 0 spiro atoms. The number of hydrogen-bond donors (Lipinski definition) is 2. The lowest BCUT2D eigenvalue weighted by atomic mass is 9.70. The number of anilines is 1. The fourth-order valence-electron chi connectivity index (χ4n) is 6.10. The van der Waals surface area contributed by atoms with Crippen LogP contribution in [-0.4, -0.2) is 75.5 Å². The summed E-state index contributed by atoms with van der Waals surface area (Å²) >= 11 is 4.31. The smallest absolute Gasteiger partial charge is 0.382 e. The molecule has 8 atom stereocenters. The van der Waals surface area contributed by atoms with Crippen LogP contribution in [0, 0.1) is 11.8 Å². The maximum Gasteiger partial charge on any atom is 0.386 e. The zero-order chi connectivity index (χ0) is 29.3. The van der Waals surface area contributed by atoms with Gasteiger partial charge >= 0.3 is 15.1 Å². The number of thiol groups is 1. The minimum Gasteiger partial charge on any atom is -0.382 e. The van der Waals surface area contributed by atoms with Crippen molar-refractivity contribution in [2.45, 2.75) is 37.3 Å². The Morgan fingerprint density at radius 3 is 2.65 bits per heavy atom. The van der Waals surface area contributed by atoms with Crippen molar-refractivity contribution in [3.05, 3.63) is 37.7 Å². The molecule has 0 radical (unpaired) electrons. The van der Waals surface area contributed by atoms with E-state index in [1.165, 1.54) is 6.33 Å². The average molecular weight is 649 g/mol. The van der Waals surface area contributed by atoms with E-state index in [0.29, 0.717) is 34.4 Å². The largest absolute Gasteiger partial charge is 0.386 e. The molecule has 0 aromatic carbocycles. The summed E-state index contributed by atoms with van der Waals surface area (Å²) in [6, 6.07) is -0.108. The predicted octanol–water partition coefficient (Wildman–Crippen LogP) is 2.84. The number of rotatable bonds is 2. The van der Waals surface area contributed by atoms with Crippen molar-refractivity contribution in [3.8, 4) is 0 Å². The van der Waals surface area contributed by atoms with Crippen molar-refractivity contribution in [3.63, 3.8) is 0 Å². The van der Waals surface area contributed by atoms with Gasteiger partial charge in [-0.3, -0.25) is 18.1 Å². The van der Waals surface area contributed by atoms with Crippen LogP contribution in [0.25, 0.3) is 28.0 Å². The summed E-state index contributed by atoms with van der Waals surface area (Å²) in [5.41, 5.74) is 8.74. The second-order valence-corrected chi connectivity index (χ2v) is 14.7. The van der Waals surface area contributed by atoms with Gasteiger partial charge in [-0.1, -0.05) is 12.2 Å². The van der Waals surface area contributed by atoms with E-state index in [1.54, 1.807) is 40.3 Å². The third-order valence-electron chi connectivity index (χ3n) is 8.26. The van der Waals surface area contributed by atoms with Gasteiger partial charge in [-0.25, -0.2) is 34.5 Å². The van der Waals surface area contributed by atoms with E-state index < -0.39 is 33.5 Å². The summed E-state index contributed by atoms with van der Waals surface area (Å²) in [6.45, 7) is -3.70. The number of ether oxygens (including phenoxy) is 1. The van der Waals surface area contributed by atoms with E-state index in [4.69, 9.17) is 28.6 Å². The number of nitrogens with zero attached hydrogens (tertiary/aromatic N) is 9. The third kappa shape index (κ3) is 4.86. The number of hydrogen-bond acceptors (Lipinski definition) is 14. The van der Waals surface area contributed by atoms with Crippen molar-refractivity contribution in [2.24, 2.45) is 11.8 Å². The summed E-state index contributed by atoms with van der Waals surface area (Å²) in [4.78, 5) is 26.1. The van der Waals surface area contributed by atoms with E-state index >= 15 is 0 Å². The van der Waals surface area contributed by atoms with Crippen LogP contribution in [0.15, 0.2) is 37.7 Å². The van der Waals surface area contributed by atoms with Crippen LogP contribution >= 0.6 is 27.3 Å². The van der Waals surface area contributed by atoms with E-state index in [-0.39, 0.29) is 49.9 Å². The Hall–Kier alpha value is -2.95. The number of imidazole rings is 3. The van der Waals surface area contributed by atoms with E-state index in [9.17, 15) is 9.13 Å². The minimum absolute atomic E-state index is 0.0314. The maximum atomic E-state index is 13.5. The predicted molar refractivity (Wildman–Crippen MR) is 153 cm³/mol. The molecule has 8 rings (SSSR count). The highest BCUT2D eigenvalue weighted by atomic mass is 32.7. The maximum absolute atomic E-state index is 13.5. The molecule has 2 unspecified atom stereocenters. The van der Waals surface area contributed by atoms with Crippen LogP contribution in [0.3, 0.4) is 0 Å². The molecule has 3 fully saturated rings. The average Bonchev–Trinajstić information content (AvgIpc) is 3.76. The van der Waals surface area contributed by atoms with Crippen LogP contribution in [0.4, 0.5) is 5.82 Å². The molecule has 226 valence electrons. The van der Waals surface area contributed by atoms with Gasteiger partial charge in [-0.15, -0.1) is 0 Å². The van der Waals surface area contributed by atoms with Gasteiger partial charge in [0.15, 0.2) is 34.5 Å². The first kappa shape index (κ1) is 27.6. The van der Waals surface area contributed by atoms with Crippen LogP contribution in [0.2, 0.25) is 0 Å². The Kier molecular flexibility index (Phi) is 6.80. The lowest BCUT2D eigenvalue weighted by molar-refractivity contribution is -0.0424. The molecule has 43 heavy (non-hydrogen) atoms. The Morgan fingerprint density at radius 1 is 0.930 bits per heavy atom. The molecule has 5 aromatic rings. The van der Waals surface area contributed by atoms with Crippen LogP contribution < -0.4 is 5.73 Å². The fraction of sp³-hybridized carbons (Fsp3) is 0.478. The van der Waals surface area contributed by atoms with Crippen LogP contribution in [0.5, 0.6) is 0 Å². The first-order chi connectivity index (χ1) is 20.8. The van der Waals surface area contributed by atoms with Crippen molar-refractivity contribution < 1.29 is 32.0 Å². The number of nitrogen functional groups attached to an aromatic ring is 1. The summed E-state index contributed by atoms with van der Waals surface area (Å²) in [7, 11) is -2.86. The molecule has 2 N–H and O–H groups in total. The van der Waals surface area contributed by atoms with Crippen molar-refractivity contribution in [1.29, 1.82) is 0 Å². The Morgan fingerprint density at radius 2 is 1.74 bits per heavy atom. The van der Waals surface area contributed by atoms with Crippen molar-refractivity contribution in [2.75, 3.05) is 25.6 Å². The van der Waals surface area contributed by atoms with Gasteiger partial charge in [0.2, 0.25) is 0 Å². The second-order valence-electron chi connectivity index (χ2n) is 10.7. The lowest BCUT2D eigenvalue weighted by Crippen LogP contribution is -2.43. The Balaban J connectivity index is 1.05. The Labute approximate surface area is 248 Å². The molecule has 5 aromatic heterocycles. The summed E-state index contributed by atoms with van der Waals surface area (Å²) < 4.78 is 61.1. The number of aromatic nitrogens is 9. The molecule has 3 aliphatic rings. The molecule has 2 saturated heterocycles. The molecule has 20 heteroatoms. The molecular formula is C23H26N10O7P2S. The van der Waals surface area contributed by atoms with E-state index in [0.717, 1.165) is 0 Å². The molecule has 7 heterocycles. The number of nitrogens with two attached hydrogens (primary N) is 1. The van der Waals surface area contributed by atoms with Gasteiger partial charge in [0.05, 0.1) is 38.6 Å². The molecule has 2 bridgehead atoms. The normalized spacial score (nSPS) is 33.8. The van der Waals surface area contributed by atoms with Crippen LogP contribution in [-0.2, 0) is 32.0 Å². The summed E-state index contributed by atoms with van der Waals surface area (Å²) in [6.07, 6.45) is 8.45. The zero-order valence-corrected chi connectivity index (χ0v) is 25.1. The van der Waals surface area contributed by atoms with E-state index in [2.05, 4.69) is 42.2 Å². The molecule has 2 aliphatic heterocycles. The molecule has 0 amide bonds. The molecular weight excluding hydrogens is 622 g/mol. The Bertz CT molecular complexity index is 1920. The fourth-order valence-corrected chi connectivity index (χ4v) is 8.37. The topological polar surface area (TPSA) is 198 Å². The van der Waals surface area contributed by atoms with Gasteiger partial charge in [0.25, 0.3) is 0 Å². The monoisotopic (exact) mass is 648 g/mol. The SMILES string of the molecule is Nc1ncnc2c1ncn2[C@@H]1C[C@@H]2COP(=O)(S)O[C@@H]3C[C@@H](CO[PH](=O)OC[C@H]21)O[C@H]3n1cnc2c1ncn1ccnc21. The third-order valence-corrected chi connectivity index (χ3v) is 10.7. The highest BCUT2D eigenvalue weighted by Crippen LogP contribution is 2.58. The number of fused-ring (bicyclic) bond motifs is 7. The zero-order valence-electron chi connectivity index (χ0n) is 22.3. The molecule has 1 saturated carbocycles. The molecule has 17 nitrogen and oxygen atoms in total. The summed E-state index contributed by atoms with van der Waals surface area (Å²) in [5, 5.41) is 0. The van der Waals surface area contributed by atoms with Gasteiger partial charge in [0, 0.05) is 30.8 Å². The second kappa shape index (κ2) is 10.6. The summed E-state index contributed by atoms with van der Waals surface area (Å²) in [5.74, 6) is -0.00199. The van der Waals surface area contributed by atoms with Crippen LogP contribution in [0.1, 0.15) is 25.1 Å². The van der Waals surface area contributed by atoms with Crippen molar-refractivity contribution in [1.82, 2.24) is 43.4 Å². The highest BCUT2D eigenvalue weighted by molar-refractivity contribution is 8.44. The lowest BCUT2D eigenvalue weighted by Gasteiger charge is -2.45. The van der Waals surface area contributed by atoms with Gasteiger partial charge in [0.1, 0.15) is 24.3 Å². The highest BCUT2D eigenvalue weighted by Gasteiger charge is 2.46. The molecule has 1 aliphatic carbocycles. The van der Waals surface area contributed by atoms with Gasteiger partial charge < -0.3 is 28.6 Å². The first-order valence-electron chi connectivity index (χ1n) is 13.5. The quantitative estimate of drug-likeness (QED) is 0.209. The standard InChI is InChI=1S/C23H26N10O7P2S/c24-19-17-21(27-8-26-19)32(10-28-17)15-3-12-5-38-42(35,43)40-16-4-13(6-36-41(34)37-7-14(12)15)39-23(16)33-11-29-18-20-25-1-2-31(20)9-30-22(18)33/h1-2,8-16,23,41H,3-7H2,(H,35,43)(H2,24,26,27)/t12-,13+,14-,15-,16-,23-,42?/m1/s1. The van der Waals surface area contributed by atoms with Gasteiger partial charge in [-0.2, -0.15) is 0 Å². The minimum atomic E-state index is -3.86. The van der Waals surface area contributed by atoms with E-state index in [1.807, 2.05) is 4.57 Å². The first-order valence-corrected chi connectivity index (χ1v) is 17.4. The van der Waals surface area contributed by atoms with Crippen molar-refractivity contribution >= 4 is 61.1 Å².